The highest BCUT2D eigenvalue weighted by Crippen LogP contribution is 2.47. The second kappa shape index (κ2) is 24.5. The van der Waals surface area contributed by atoms with Crippen molar-refractivity contribution in [2.24, 2.45) is 0 Å². The summed E-state index contributed by atoms with van der Waals surface area (Å²) in [5.74, 6) is 0. The minimum absolute atomic E-state index is 0.148. The summed E-state index contributed by atoms with van der Waals surface area (Å²) < 4.78 is 13.9. The quantitative estimate of drug-likeness (QED) is 0.0637. The molecule has 2 unspecified atom stereocenters. The van der Waals surface area contributed by atoms with Crippen LogP contribution in [0, 0.1) is 0 Å². The summed E-state index contributed by atoms with van der Waals surface area (Å²) >= 11 is 0. The standard InChI is InChI=1S/C25H56OSi3.C21H48OSi3/c1-9-10-11-12-13-14-15-16-17-18-19-20-21-22-23-29(8)26-25(2,3)24-27(4,5)28(29,6)7;1-9-10-11-12-13-14-15-16-17-18-19-25(8)22-21(2,3)20-23(4,5)24(25,6)7/h9-24H2,1-8H3;9-20H2,1-8H3. The summed E-state index contributed by atoms with van der Waals surface area (Å²) in [5.41, 5.74) is 0.299. The van der Waals surface area contributed by atoms with Crippen molar-refractivity contribution < 1.29 is 8.85 Å². The van der Waals surface area contributed by atoms with Gasteiger partial charge >= 0.3 is 0 Å². The van der Waals surface area contributed by atoms with Crippen LogP contribution in [0.25, 0.3) is 0 Å². The van der Waals surface area contributed by atoms with Gasteiger partial charge in [0.2, 0.25) is 0 Å². The zero-order valence-corrected chi connectivity index (χ0v) is 46.6. The van der Waals surface area contributed by atoms with Crippen molar-refractivity contribution in [3.05, 3.63) is 0 Å². The SMILES string of the molecule is CCCCCCCCCCCCCCCC[Si]1(C)OC(C)(C)C[Si](C)(C)[Si]1(C)C.CCCCCCCCCCCC[Si]1(C)OC(C)(C)C[Si](C)(C)[Si]1(C)C. The maximum Gasteiger partial charge on any atom is 0.174 e. The predicted molar refractivity (Wildman–Crippen MR) is 265 cm³/mol. The Kier molecular flexibility index (Phi) is 24.1. The number of hydrogen-bond donors (Lipinski definition) is 0. The summed E-state index contributed by atoms with van der Waals surface area (Å²) in [7, 11) is -7.70. The molecule has 0 radical (unpaired) electrons. The van der Waals surface area contributed by atoms with Crippen molar-refractivity contribution in [1.29, 1.82) is 0 Å². The average Bonchev–Trinajstić information content (AvgIpc) is 3.03. The van der Waals surface area contributed by atoms with Gasteiger partial charge in [0, 0.05) is 26.4 Å². The molecule has 0 N–H and O–H groups in total. The van der Waals surface area contributed by atoms with E-state index in [1.54, 1.807) is 0 Å². The Morgan fingerprint density at radius 1 is 0.333 bits per heavy atom. The molecule has 0 spiro atoms. The molecule has 2 aliphatic rings. The topological polar surface area (TPSA) is 18.5 Å². The van der Waals surface area contributed by atoms with E-state index in [9.17, 15) is 0 Å². The third-order valence-corrected chi connectivity index (χ3v) is 97.0. The van der Waals surface area contributed by atoms with Gasteiger partial charge in [-0.1, -0.05) is 220 Å². The van der Waals surface area contributed by atoms with E-state index in [0.717, 1.165) is 0 Å². The fourth-order valence-electron chi connectivity index (χ4n) is 10.9. The molecule has 2 nitrogen and oxygen atoms in total. The van der Waals surface area contributed by atoms with Crippen LogP contribution in [-0.2, 0) is 8.85 Å². The van der Waals surface area contributed by atoms with Gasteiger partial charge in [-0.2, -0.15) is 0 Å². The Balaban J connectivity index is 0.000000546. The molecule has 2 rings (SSSR count). The lowest BCUT2D eigenvalue weighted by Crippen LogP contribution is -2.78. The lowest BCUT2D eigenvalue weighted by atomic mass is 10.0. The second-order valence-electron chi connectivity index (χ2n) is 22.8. The van der Waals surface area contributed by atoms with Gasteiger partial charge in [0.25, 0.3) is 0 Å². The van der Waals surface area contributed by atoms with E-state index < -0.39 is 45.1 Å². The Labute approximate surface area is 348 Å². The van der Waals surface area contributed by atoms with E-state index in [-0.39, 0.29) is 11.2 Å². The van der Waals surface area contributed by atoms with Crippen LogP contribution < -0.4 is 0 Å². The molecule has 0 bridgehead atoms. The largest absolute Gasteiger partial charge is 0.415 e. The van der Waals surface area contributed by atoms with Gasteiger partial charge in [-0.25, -0.2) is 0 Å². The summed E-state index contributed by atoms with van der Waals surface area (Å²) in [5, 5.41) is 0. The maximum atomic E-state index is 6.96. The predicted octanol–water partition coefficient (Wildman–Crippen LogP) is 17.3. The molecule has 0 aromatic rings. The first-order valence-corrected chi connectivity index (χ1v) is 46.0. The first kappa shape index (κ1) is 53.2. The van der Waals surface area contributed by atoms with E-state index in [1.807, 2.05) is 0 Å². The third-order valence-electron chi connectivity index (χ3n) is 15.8. The van der Waals surface area contributed by atoms with Crippen LogP contribution in [0.15, 0.2) is 0 Å². The first-order chi connectivity index (χ1) is 24.9. The van der Waals surface area contributed by atoms with Crippen LogP contribution in [-0.4, -0.2) is 56.3 Å². The normalized spacial score (nSPS) is 26.2. The van der Waals surface area contributed by atoms with Crippen molar-refractivity contribution in [3.8, 4) is 0 Å². The Morgan fingerprint density at radius 2 is 0.537 bits per heavy atom. The first-order valence-electron chi connectivity index (χ1n) is 24.4. The van der Waals surface area contributed by atoms with Gasteiger partial charge in [0.15, 0.2) is 15.7 Å². The third kappa shape index (κ3) is 17.4. The Bertz CT molecular complexity index is 996. The van der Waals surface area contributed by atoms with Crippen LogP contribution in [0.5, 0.6) is 0 Å². The van der Waals surface area contributed by atoms with E-state index in [2.05, 4.69) is 107 Å². The van der Waals surface area contributed by atoms with Crippen LogP contribution in [0.1, 0.15) is 196 Å². The molecule has 2 saturated heterocycles. The summed E-state index contributed by atoms with van der Waals surface area (Å²) in [4.78, 5) is 0. The highest BCUT2D eigenvalue weighted by Gasteiger charge is 2.63. The minimum Gasteiger partial charge on any atom is -0.415 e. The van der Waals surface area contributed by atoms with Gasteiger partial charge in [-0.15, -0.1) is 0 Å². The van der Waals surface area contributed by atoms with E-state index in [4.69, 9.17) is 8.85 Å². The molecule has 0 aliphatic carbocycles. The van der Waals surface area contributed by atoms with Crippen molar-refractivity contribution in [2.75, 3.05) is 0 Å². The van der Waals surface area contributed by atoms with Crippen molar-refractivity contribution >= 4 is 45.1 Å². The fourth-order valence-corrected chi connectivity index (χ4v) is 78.0. The zero-order chi connectivity index (χ0) is 41.2. The molecule has 8 heteroatoms. The maximum absolute atomic E-state index is 6.96. The number of unbranched alkanes of at least 4 members (excludes halogenated alkanes) is 22. The molecule has 324 valence electrons. The van der Waals surface area contributed by atoms with Crippen molar-refractivity contribution in [3.63, 3.8) is 0 Å². The molecule has 0 amide bonds. The van der Waals surface area contributed by atoms with Crippen LogP contribution in [0.4, 0.5) is 0 Å². The van der Waals surface area contributed by atoms with Crippen LogP contribution >= 0.6 is 0 Å². The molecule has 2 atom stereocenters. The summed E-state index contributed by atoms with van der Waals surface area (Å²) in [6, 6.07) is 5.62. The number of hydrogen-bond acceptors (Lipinski definition) is 2. The molecular weight excluding hydrogens is 753 g/mol. The highest BCUT2D eigenvalue weighted by molar-refractivity contribution is 7.68. The Hall–Kier alpha value is 1.22. The van der Waals surface area contributed by atoms with Gasteiger partial charge < -0.3 is 8.85 Å². The monoisotopic (exact) mass is 857 g/mol. The van der Waals surface area contributed by atoms with E-state index in [1.165, 1.54) is 178 Å². The van der Waals surface area contributed by atoms with Crippen molar-refractivity contribution in [2.45, 2.75) is 296 Å². The van der Waals surface area contributed by atoms with Gasteiger partial charge in [-0.05, 0) is 65.0 Å². The smallest absolute Gasteiger partial charge is 0.174 e. The van der Waals surface area contributed by atoms with Crippen LogP contribution in [0.3, 0.4) is 0 Å². The molecule has 54 heavy (non-hydrogen) atoms. The summed E-state index contributed by atoms with van der Waals surface area (Å²) in [6.07, 6.45) is 34.7. The van der Waals surface area contributed by atoms with Gasteiger partial charge in [0.1, 0.15) is 0 Å². The van der Waals surface area contributed by atoms with E-state index >= 15 is 0 Å². The molecule has 2 aliphatic heterocycles. The molecule has 0 saturated carbocycles. The molecular formula is C46H104O2Si6. The van der Waals surface area contributed by atoms with Crippen LogP contribution in [0.2, 0.25) is 89.6 Å². The lowest BCUT2D eigenvalue weighted by molar-refractivity contribution is 0.119. The molecule has 2 fully saturated rings. The van der Waals surface area contributed by atoms with E-state index in [0.29, 0.717) is 0 Å². The number of rotatable bonds is 26. The van der Waals surface area contributed by atoms with Gasteiger partial charge in [-0.3, -0.25) is 0 Å². The summed E-state index contributed by atoms with van der Waals surface area (Å²) in [6.45, 7) is 40.8. The molecule has 0 aromatic carbocycles. The molecule has 0 aromatic heterocycles. The Morgan fingerprint density at radius 3 is 0.759 bits per heavy atom. The minimum atomic E-state index is -1.54. The van der Waals surface area contributed by atoms with Crippen molar-refractivity contribution in [1.82, 2.24) is 0 Å². The highest BCUT2D eigenvalue weighted by atomic mass is 29.7. The molecule has 2 heterocycles. The lowest BCUT2D eigenvalue weighted by Gasteiger charge is -2.59. The van der Waals surface area contributed by atoms with Gasteiger partial charge in [0.05, 0.1) is 14.2 Å². The zero-order valence-electron chi connectivity index (χ0n) is 40.6. The fraction of sp³-hybridized carbons (Fsp3) is 1.00. The second-order valence-corrected chi connectivity index (χ2v) is 76.4. The average molecular weight is 858 g/mol.